The Morgan fingerprint density at radius 1 is 1.26 bits per heavy atom. The van der Waals surface area contributed by atoms with E-state index in [1.165, 1.54) is 49.3 Å². The number of pyridine rings is 1. The highest BCUT2D eigenvalue weighted by Crippen LogP contribution is 2.32. The number of hydrogen-bond donors (Lipinski definition) is 1. The van der Waals surface area contributed by atoms with Gasteiger partial charge in [-0.15, -0.1) is 11.3 Å². The van der Waals surface area contributed by atoms with E-state index in [0.717, 1.165) is 39.4 Å². The van der Waals surface area contributed by atoms with Crippen LogP contribution >= 0.6 is 11.3 Å². The van der Waals surface area contributed by atoms with Gasteiger partial charge in [-0.05, 0) is 63.9 Å². The fourth-order valence-electron chi connectivity index (χ4n) is 3.43. The Hall–Kier alpha value is -1.46. The Bertz CT molecular complexity index is 717. The molecule has 1 fully saturated rings. The van der Waals surface area contributed by atoms with E-state index in [4.69, 9.17) is 0 Å². The summed E-state index contributed by atoms with van der Waals surface area (Å²) in [7, 11) is 0. The first-order valence-corrected chi connectivity index (χ1v) is 9.26. The monoisotopic (exact) mass is 331 g/mol. The smallest absolute Gasteiger partial charge is 0.261 e. The number of aryl methyl sites for hydroxylation is 3. The highest BCUT2D eigenvalue weighted by molar-refractivity contribution is 7.20. The number of nitrogens with one attached hydrogen (secondary N) is 1. The van der Waals surface area contributed by atoms with Gasteiger partial charge in [0, 0.05) is 24.2 Å². The van der Waals surface area contributed by atoms with Gasteiger partial charge >= 0.3 is 0 Å². The summed E-state index contributed by atoms with van der Waals surface area (Å²) in [4.78, 5) is 21.3. The van der Waals surface area contributed by atoms with Crippen LogP contribution in [0, 0.1) is 20.8 Å². The van der Waals surface area contributed by atoms with Crippen LogP contribution < -0.4 is 5.32 Å². The zero-order chi connectivity index (χ0) is 16.4. The molecule has 0 aromatic carbocycles. The molecule has 0 bridgehead atoms. The first-order chi connectivity index (χ1) is 11.1. The minimum Gasteiger partial charge on any atom is -0.350 e. The lowest BCUT2D eigenvalue weighted by atomic mass is 10.1. The Morgan fingerprint density at radius 2 is 2.00 bits per heavy atom. The maximum absolute atomic E-state index is 12.5. The molecule has 0 aliphatic carbocycles. The third kappa shape index (κ3) is 3.56. The molecule has 0 spiro atoms. The number of carbonyl (C=O) groups excluding carboxylic acids is 1. The largest absolute Gasteiger partial charge is 0.350 e. The lowest BCUT2D eigenvalue weighted by Gasteiger charge is -2.26. The van der Waals surface area contributed by atoms with Gasteiger partial charge in [0.15, 0.2) is 0 Å². The summed E-state index contributed by atoms with van der Waals surface area (Å²) in [6.45, 7) is 10.1. The molecule has 1 aliphatic heterocycles. The Kier molecular flexibility index (Phi) is 4.97. The number of piperidine rings is 1. The van der Waals surface area contributed by atoms with Crippen LogP contribution in [0.4, 0.5) is 0 Å². The maximum atomic E-state index is 12.5. The molecule has 124 valence electrons. The fourth-order valence-corrected chi connectivity index (χ4v) is 4.65. The molecule has 0 atom stereocenters. The van der Waals surface area contributed by atoms with Crippen LogP contribution in [-0.4, -0.2) is 42.0 Å². The van der Waals surface area contributed by atoms with E-state index >= 15 is 0 Å². The lowest BCUT2D eigenvalue weighted by molar-refractivity contribution is 0.0950. The molecule has 5 heteroatoms. The van der Waals surface area contributed by atoms with Gasteiger partial charge < -0.3 is 10.2 Å². The Morgan fingerprint density at radius 3 is 2.74 bits per heavy atom. The van der Waals surface area contributed by atoms with Gasteiger partial charge in [0.25, 0.3) is 5.91 Å². The average Bonchev–Trinajstić information content (AvgIpc) is 2.85. The fraction of sp³-hybridized carbons (Fsp3) is 0.556. The summed E-state index contributed by atoms with van der Waals surface area (Å²) in [6, 6.07) is 2.08. The number of amides is 1. The number of carbonyl (C=O) groups is 1. The van der Waals surface area contributed by atoms with E-state index in [-0.39, 0.29) is 5.91 Å². The molecule has 3 rings (SSSR count). The van der Waals surface area contributed by atoms with Crippen molar-refractivity contribution in [3.8, 4) is 0 Å². The maximum Gasteiger partial charge on any atom is 0.261 e. The molecule has 3 heterocycles. The van der Waals surface area contributed by atoms with E-state index in [2.05, 4.69) is 28.2 Å². The highest BCUT2D eigenvalue weighted by Gasteiger charge is 2.18. The molecule has 0 radical (unpaired) electrons. The van der Waals surface area contributed by atoms with Gasteiger partial charge in [0.1, 0.15) is 4.83 Å². The number of hydrogen-bond acceptors (Lipinski definition) is 4. The van der Waals surface area contributed by atoms with E-state index in [9.17, 15) is 4.79 Å². The average molecular weight is 331 g/mol. The first kappa shape index (κ1) is 16.4. The quantitative estimate of drug-likeness (QED) is 0.933. The van der Waals surface area contributed by atoms with Crippen molar-refractivity contribution in [3.05, 3.63) is 27.8 Å². The predicted octanol–water partition coefficient (Wildman–Crippen LogP) is 3.44. The Balaban J connectivity index is 1.68. The summed E-state index contributed by atoms with van der Waals surface area (Å²) in [5, 5.41) is 4.22. The third-order valence-electron chi connectivity index (χ3n) is 4.59. The van der Waals surface area contributed by atoms with Gasteiger partial charge in [-0.3, -0.25) is 4.79 Å². The minimum absolute atomic E-state index is 0.0413. The molecule has 1 saturated heterocycles. The van der Waals surface area contributed by atoms with Crippen molar-refractivity contribution >= 4 is 27.5 Å². The predicted molar refractivity (Wildman–Crippen MR) is 96.5 cm³/mol. The van der Waals surface area contributed by atoms with Crippen molar-refractivity contribution in [1.29, 1.82) is 0 Å². The lowest BCUT2D eigenvalue weighted by Crippen LogP contribution is -2.37. The van der Waals surface area contributed by atoms with Crippen molar-refractivity contribution in [3.63, 3.8) is 0 Å². The molecule has 1 amide bonds. The molecule has 2 aromatic rings. The zero-order valence-electron chi connectivity index (χ0n) is 14.2. The molecule has 4 nitrogen and oxygen atoms in total. The SMILES string of the molecule is Cc1cc(C)c2c(C)c(C(=O)NCCN3CCCCC3)sc2n1. The molecule has 0 saturated carbocycles. The first-order valence-electron chi connectivity index (χ1n) is 8.44. The zero-order valence-corrected chi connectivity index (χ0v) is 15.1. The summed E-state index contributed by atoms with van der Waals surface area (Å²) < 4.78 is 0. The van der Waals surface area contributed by atoms with E-state index in [0.29, 0.717) is 0 Å². The van der Waals surface area contributed by atoms with Gasteiger partial charge in [-0.1, -0.05) is 6.42 Å². The van der Waals surface area contributed by atoms with Gasteiger partial charge in [0.2, 0.25) is 0 Å². The topological polar surface area (TPSA) is 45.2 Å². The molecular formula is C18H25N3OS. The summed E-state index contributed by atoms with van der Waals surface area (Å²) >= 11 is 1.51. The molecule has 1 N–H and O–H groups in total. The van der Waals surface area contributed by atoms with Crippen molar-refractivity contribution in [2.45, 2.75) is 40.0 Å². The van der Waals surface area contributed by atoms with Gasteiger partial charge in [0.05, 0.1) is 4.88 Å². The molecule has 23 heavy (non-hydrogen) atoms. The third-order valence-corrected chi connectivity index (χ3v) is 5.78. The molecule has 1 aliphatic rings. The van der Waals surface area contributed by atoms with Crippen molar-refractivity contribution < 1.29 is 4.79 Å². The van der Waals surface area contributed by atoms with Gasteiger partial charge in [-0.2, -0.15) is 0 Å². The van der Waals surface area contributed by atoms with Crippen LogP contribution in [0.5, 0.6) is 0 Å². The minimum atomic E-state index is 0.0413. The van der Waals surface area contributed by atoms with E-state index < -0.39 is 0 Å². The number of fused-ring (bicyclic) bond motifs is 1. The van der Waals surface area contributed by atoms with Crippen molar-refractivity contribution in [1.82, 2.24) is 15.2 Å². The molecule has 2 aromatic heterocycles. The Labute approximate surface area is 141 Å². The standard InChI is InChI=1S/C18H25N3OS/c1-12-11-13(2)20-18-15(12)14(3)16(23-18)17(22)19-7-10-21-8-5-4-6-9-21/h11H,4-10H2,1-3H3,(H,19,22). The second kappa shape index (κ2) is 6.97. The number of rotatable bonds is 4. The van der Waals surface area contributed by atoms with Crippen molar-refractivity contribution in [2.24, 2.45) is 0 Å². The van der Waals surface area contributed by atoms with Crippen LogP contribution in [0.3, 0.4) is 0 Å². The molecular weight excluding hydrogens is 306 g/mol. The van der Waals surface area contributed by atoms with Crippen LogP contribution in [0.2, 0.25) is 0 Å². The summed E-state index contributed by atoms with van der Waals surface area (Å²) in [6.07, 6.45) is 3.91. The summed E-state index contributed by atoms with van der Waals surface area (Å²) in [5.41, 5.74) is 3.27. The number of nitrogens with zero attached hydrogens (tertiary/aromatic N) is 2. The second-order valence-electron chi connectivity index (χ2n) is 6.48. The molecule has 0 unspecified atom stereocenters. The summed E-state index contributed by atoms with van der Waals surface area (Å²) in [5.74, 6) is 0.0413. The van der Waals surface area contributed by atoms with Gasteiger partial charge in [-0.25, -0.2) is 4.98 Å². The number of likely N-dealkylation sites (tertiary alicyclic amines) is 1. The van der Waals surface area contributed by atoms with Crippen LogP contribution in [0.25, 0.3) is 10.2 Å². The van der Waals surface area contributed by atoms with E-state index in [1.807, 2.05) is 13.8 Å². The van der Waals surface area contributed by atoms with Crippen molar-refractivity contribution in [2.75, 3.05) is 26.2 Å². The number of thiophene rings is 1. The van der Waals surface area contributed by atoms with E-state index in [1.54, 1.807) is 0 Å². The van der Waals surface area contributed by atoms with Crippen LogP contribution in [0.1, 0.15) is 45.8 Å². The van der Waals surface area contributed by atoms with Crippen LogP contribution in [-0.2, 0) is 0 Å². The van der Waals surface area contributed by atoms with Crippen LogP contribution in [0.15, 0.2) is 6.07 Å². The normalized spacial score (nSPS) is 16.0. The highest BCUT2D eigenvalue weighted by atomic mass is 32.1. The number of aromatic nitrogens is 1. The second-order valence-corrected chi connectivity index (χ2v) is 7.47.